The maximum atomic E-state index is 14.4. The van der Waals surface area contributed by atoms with Gasteiger partial charge in [-0.25, -0.2) is 0 Å². The molecule has 1 saturated heterocycles. The van der Waals surface area contributed by atoms with Crippen LogP contribution in [0, 0.1) is 11.8 Å². The number of likely N-dealkylation sites (tertiary alicyclic amines) is 1. The lowest BCUT2D eigenvalue weighted by molar-refractivity contribution is -0.180. The molecule has 48 heavy (non-hydrogen) atoms. The molecule has 5 N–H and O–H groups in total. The van der Waals surface area contributed by atoms with Gasteiger partial charge in [0.15, 0.2) is 11.4 Å². The fourth-order valence-electron chi connectivity index (χ4n) is 8.44. The largest absolute Gasteiger partial charge is 0.510 e. The van der Waals surface area contributed by atoms with Crippen LogP contribution < -0.4 is 5.32 Å². The first kappa shape index (κ1) is 34.5. The van der Waals surface area contributed by atoms with Gasteiger partial charge in [-0.1, -0.05) is 31.9 Å². The average Bonchev–Trinajstić information content (AvgIpc) is 3.78. The zero-order chi connectivity index (χ0) is 34.5. The van der Waals surface area contributed by atoms with E-state index in [-0.39, 0.29) is 30.0 Å². The molecule has 1 aromatic carbocycles. The molecule has 5 aliphatic rings. The molecular weight excluding hydrogens is 638 g/mol. The number of aliphatic hydroxyl groups is 3. The number of rotatable bonds is 9. The Labute approximate surface area is 284 Å². The number of likely N-dealkylation sites (N-methyl/N-ethyl adjacent to an activating group) is 1. The van der Waals surface area contributed by atoms with Crippen LogP contribution in [0.4, 0.5) is 0 Å². The molecule has 6 atom stereocenters. The van der Waals surface area contributed by atoms with E-state index in [1.165, 1.54) is 11.0 Å². The molecule has 0 unspecified atom stereocenters. The standard InChI is InChI=1S/C35H45N3O9S/c1-4-22(40)47-31-24-20(16-48-18-10-5-6-11-18)19-12-9-13-21(39)23(19)29(41)25(24)32(43)35(46)27(31)28(37(2)3)30(42)26(33(35)44)34(45)36-17-38-14-7-8-15-38/h9,12-13,18,20,24,27-28,31,39,42-43,46H,4-8,10-11,14-17H2,1-3H3,(H,36,45)/t20-,24-,27-,28-,31-,35+/m0/s1. The number of phenols is 1. The number of Topliss-reactive ketones (excluding diaryl/α,β-unsaturated/α-hetero) is 2. The third-order valence-corrected chi connectivity index (χ3v) is 12.3. The van der Waals surface area contributed by atoms with Gasteiger partial charge in [-0.15, -0.1) is 0 Å². The summed E-state index contributed by atoms with van der Waals surface area (Å²) in [7, 11) is 3.16. The summed E-state index contributed by atoms with van der Waals surface area (Å²) >= 11 is 1.71. The third-order valence-electron chi connectivity index (χ3n) is 10.8. The zero-order valence-electron chi connectivity index (χ0n) is 27.6. The van der Waals surface area contributed by atoms with Gasteiger partial charge in [0.25, 0.3) is 5.91 Å². The van der Waals surface area contributed by atoms with Crippen LogP contribution >= 0.6 is 11.8 Å². The second-order valence-corrected chi connectivity index (χ2v) is 15.1. The quantitative estimate of drug-likeness (QED) is 0.190. The maximum Gasteiger partial charge on any atom is 0.305 e. The minimum atomic E-state index is -2.92. The number of carbonyl (C=O) groups is 4. The number of ketones is 2. The number of thioether (sulfide) groups is 1. The number of hydrogen-bond acceptors (Lipinski definition) is 12. The molecule has 1 aliphatic heterocycles. The van der Waals surface area contributed by atoms with Gasteiger partial charge >= 0.3 is 5.97 Å². The molecule has 260 valence electrons. The second-order valence-electron chi connectivity index (χ2n) is 13.8. The van der Waals surface area contributed by atoms with Crippen molar-refractivity contribution in [2.45, 2.75) is 80.8 Å². The average molecular weight is 684 g/mol. The first-order chi connectivity index (χ1) is 22.9. The molecule has 0 aromatic heterocycles. The number of esters is 1. The molecule has 0 spiro atoms. The lowest BCUT2D eigenvalue weighted by Gasteiger charge is -2.54. The van der Waals surface area contributed by atoms with Crippen LogP contribution in [0.5, 0.6) is 5.75 Å². The first-order valence-corrected chi connectivity index (χ1v) is 17.9. The Morgan fingerprint density at radius 1 is 1.08 bits per heavy atom. The number of nitrogens with zero attached hydrogens (tertiary/aromatic N) is 2. The number of carbonyl (C=O) groups excluding carboxylic acids is 4. The third kappa shape index (κ3) is 5.62. The van der Waals surface area contributed by atoms with Gasteiger partial charge in [-0.3, -0.25) is 29.0 Å². The predicted octanol–water partition coefficient (Wildman–Crippen LogP) is 2.95. The number of ether oxygens (including phenoxy) is 1. The van der Waals surface area contributed by atoms with Crippen LogP contribution in [0.15, 0.2) is 40.9 Å². The van der Waals surface area contributed by atoms with Crippen LogP contribution in [0.1, 0.15) is 73.7 Å². The lowest BCUT2D eigenvalue weighted by Crippen LogP contribution is -2.69. The lowest BCUT2D eigenvalue weighted by atomic mass is 9.55. The van der Waals surface area contributed by atoms with Gasteiger partial charge in [0, 0.05) is 34.8 Å². The SMILES string of the molecule is CCC(=O)O[C@H]1[C@@H]2C(=C(O)[C@@]3(O)C(=O)C(C(=O)NCN4CCCC4)=C(O)[C@@H](N(C)C)[C@@H]13)C(=O)c1c(O)cccc1[C@@H]2CSC1CCCC1. The van der Waals surface area contributed by atoms with E-state index >= 15 is 0 Å². The van der Waals surface area contributed by atoms with Crippen LogP contribution in [-0.2, 0) is 19.1 Å². The van der Waals surface area contributed by atoms with Crippen molar-refractivity contribution >= 4 is 35.2 Å². The number of amides is 1. The van der Waals surface area contributed by atoms with Crippen molar-refractivity contribution in [3.05, 3.63) is 52.0 Å². The molecule has 1 heterocycles. The van der Waals surface area contributed by atoms with Crippen molar-refractivity contribution in [3.63, 3.8) is 0 Å². The molecule has 4 aliphatic carbocycles. The van der Waals surface area contributed by atoms with Crippen molar-refractivity contribution in [2.24, 2.45) is 11.8 Å². The molecule has 2 fully saturated rings. The number of aliphatic hydroxyl groups excluding tert-OH is 2. The normalized spacial score (nSPS) is 30.8. The Morgan fingerprint density at radius 3 is 2.42 bits per heavy atom. The maximum absolute atomic E-state index is 14.4. The van der Waals surface area contributed by atoms with E-state index in [1.54, 1.807) is 44.9 Å². The minimum Gasteiger partial charge on any atom is -0.510 e. The van der Waals surface area contributed by atoms with E-state index in [0.29, 0.717) is 16.6 Å². The molecule has 6 rings (SSSR count). The van der Waals surface area contributed by atoms with Gasteiger partial charge in [0.05, 0.1) is 24.2 Å². The predicted molar refractivity (Wildman–Crippen MR) is 178 cm³/mol. The molecular formula is C35H45N3O9S. The van der Waals surface area contributed by atoms with Gasteiger partial charge in [-0.2, -0.15) is 11.8 Å². The topological polar surface area (TPSA) is 177 Å². The molecule has 1 amide bonds. The fraction of sp³-hybridized carbons (Fsp3) is 0.600. The van der Waals surface area contributed by atoms with Gasteiger partial charge < -0.3 is 30.5 Å². The molecule has 0 bridgehead atoms. The second kappa shape index (κ2) is 13.5. The van der Waals surface area contributed by atoms with Crippen molar-refractivity contribution in [2.75, 3.05) is 39.6 Å². The van der Waals surface area contributed by atoms with E-state index in [4.69, 9.17) is 4.74 Å². The number of phenolic OH excluding ortho intramolecular Hbond substituents is 1. The Balaban J connectivity index is 1.53. The first-order valence-electron chi connectivity index (χ1n) is 16.9. The summed E-state index contributed by atoms with van der Waals surface area (Å²) in [5.74, 6) is -8.26. The molecule has 13 heteroatoms. The highest BCUT2D eigenvalue weighted by Gasteiger charge is 2.69. The Bertz CT molecular complexity index is 1560. The van der Waals surface area contributed by atoms with Crippen molar-refractivity contribution < 1.29 is 44.3 Å². The number of fused-ring (bicyclic) bond motifs is 3. The van der Waals surface area contributed by atoms with Gasteiger partial charge in [0.2, 0.25) is 5.78 Å². The van der Waals surface area contributed by atoms with E-state index < -0.39 is 76.0 Å². The summed E-state index contributed by atoms with van der Waals surface area (Å²) in [6.45, 7) is 3.20. The van der Waals surface area contributed by atoms with Gasteiger partial charge in [0.1, 0.15) is 28.9 Å². The van der Waals surface area contributed by atoms with Crippen molar-refractivity contribution in [1.82, 2.24) is 15.1 Å². The van der Waals surface area contributed by atoms with E-state index in [9.17, 15) is 39.6 Å². The van der Waals surface area contributed by atoms with E-state index in [1.807, 2.05) is 4.90 Å². The highest BCUT2D eigenvalue weighted by Crippen LogP contribution is 2.57. The van der Waals surface area contributed by atoms with Gasteiger partial charge in [-0.05, 0) is 64.5 Å². The Hall–Kier alpha value is -3.39. The summed E-state index contributed by atoms with van der Waals surface area (Å²) in [6, 6.07) is 3.45. The molecule has 12 nitrogen and oxygen atoms in total. The summed E-state index contributed by atoms with van der Waals surface area (Å²) < 4.78 is 6.09. The molecule has 1 saturated carbocycles. The zero-order valence-corrected chi connectivity index (χ0v) is 28.4. The number of aromatic hydroxyl groups is 1. The Morgan fingerprint density at radius 2 is 1.77 bits per heavy atom. The number of benzene rings is 1. The van der Waals surface area contributed by atoms with E-state index in [2.05, 4.69) is 5.32 Å². The van der Waals surface area contributed by atoms with Crippen molar-refractivity contribution in [1.29, 1.82) is 0 Å². The minimum absolute atomic E-state index is 0.0515. The van der Waals surface area contributed by atoms with Crippen LogP contribution in [0.2, 0.25) is 0 Å². The summed E-state index contributed by atoms with van der Waals surface area (Å²) in [6.07, 6.45) is 4.74. The van der Waals surface area contributed by atoms with Crippen LogP contribution in [0.25, 0.3) is 0 Å². The van der Waals surface area contributed by atoms with Crippen LogP contribution in [-0.4, -0.2) is 116 Å². The summed E-state index contributed by atoms with van der Waals surface area (Å²) in [5.41, 5.74) is -3.53. The fourth-order valence-corrected chi connectivity index (χ4v) is 9.97. The Kier molecular flexibility index (Phi) is 9.69. The summed E-state index contributed by atoms with van der Waals surface area (Å²) in [5, 5.41) is 50.4. The van der Waals surface area contributed by atoms with Crippen LogP contribution in [0.3, 0.4) is 0 Å². The molecule has 1 aromatic rings. The van der Waals surface area contributed by atoms with Crippen molar-refractivity contribution in [3.8, 4) is 5.75 Å². The van der Waals surface area contributed by atoms with E-state index in [0.717, 1.165) is 51.6 Å². The number of nitrogens with one attached hydrogen (secondary N) is 1. The smallest absolute Gasteiger partial charge is 0.305 e. The molecule has 0 radical (unpaired) electrons. The highest BCUT2D eigenvalue weighted by atomic mass is 32.2. The highest BCUT2D eigenvalue weighted by molar-refractivity contribution is 7.99. The summed E-state index contributed by atoms with van der Waals surface area (Å²) in [4.78, 5) is 59.0. The number of hydrogen-bond donors (Lipinski definition) is 5. The monoisotopic (exact) mass is 683 g/mol.